The molecule has 0 aliphatic carbocycles. The number of methoxy groups -OCH3 is 1. The Labute approximate surface area is 103 Å². The molecule has 0 aliphatic rings. The number of hydrogen-bond acceptors (Lipinski definition) is 5. The quantitative estimate of drug-likeness (QED) is 0.752. The lowest BCUT2D eigenvalue weighted by Gasteiger charge is -2.06. The van der Waals surface area contributed by atoms with Crippen LogP contribution >= 0.6 is 0 Å². The summed E-state index contributed by atoms with van der Waals surface area (Å²) in [5, 5.41) is 8.86. The second-order valence-electron chi connectivity index (χ2n) is 3.25. The van der Waals surface area contributed by atoms with Crippen LogP contribution in [-0.4, -0.2) is 39.6 Å². The smallest absolute Gasteiger partial charge is 0.337 e. The van der Waals surface area contributed by atoms with E-state index in [2.05, 4.69) is 4.74 Å². The van der Waals surface area contributed by atoms with Crippen molar-refractivity contribution in [2.45, 2.75) is 4.90 Å². The van der Waals surface area contributed by atoms with Crippen molar-refractivity contribution in [3.8, 4) is 0 Å². The van der Waals surface area contributed by atoms with E-state index in [-0.39, 0.29) is 16.0 Å². The van der Waals surface area contributed by atoms with Gasteiger partial charge in [0, 0.05) is 0 Å². The average molecular weight is 273 g/mol. The van der Waals surface area contributed by atoms with Crippen LogP contribution in [0.25, 0.3) is 0 Å². The maximum Gasteiger partial charge on any atom is 0.337 e. The molecule has 1 rings (SSSR count). The van der Waals surface area contributed by atoms with E-state index in [1.807, 2.05) is 4.72 Å². The zero-order valence-corrected chi connectivity index (χ0v) is 10.4. The summed E-state index contributed by atoms with van der Waals surface area (Å²) in [6.07, 6.45) is 0. The molecule has 18 heavy (non-hydrogen) atoms. The van der Waals surface area contributed by atoms with Crippen LogP contribution < -0.4 is 4.72 Å². The van der Waals surface area contributed by atoms with Gasteiger partial charge in [-0.05, 0) is 25.2 Å². The van der Waals surface area contributed by atoms with Gasteiger partial charge >= 0.3 is 11.9 Å². The number of sulfonamides is 1. The predicted octanol–water partition coefficient (Wildman–Crippen LogP) is 0.0795. The topological polar surface area (TPSA) is 110 Å². The summed E-state index contributed by atoms with van der Waals surface area (Å²) < 4.78 is 29.6. The van der Waals surface area contributed by atoms with E-state index >= 15 is 0 Å². The molecule has 1 aromatic carbocycles. The van der Waals surface area contributed by atoms with Crippen molar-refractivity contribution < 1.29 is 27.9 Å². The molecule has 0 heterocycles. The maximum atomic E-state index is 11.6. The number of nitrogens with one attached hydrogen (secondary N) is 1. The second-order valence-corrected chi connectivity index (χ2v) is 5.14. The van der Waals surface area contributed by atoms with Gasteiger partial charge in [0.15, 0.2) is 0 Å². The van der Waals surface area contributed by atoms with Crippen LogP contribution in [0.4, 0.5) is 0 Å². The first-order valence-electron chi connectivity index (χ1n) is 4.72. The first-order valence-corrected chi connectivity index (χ1v) is 6.20. The molecule has 2 N–H and O–H groups in total. The molecular weight excluding hydrogens is 262 g/mol. The molecule has 0 aliphatic heterocycles. The van der Waals surface area contributed by atoms with E-state index in [9.17, 15) is 18.0 Å². The summed E-state index contributed by atoms with van der Waals surface area (Å²) in [4.78, 5) is 21.9. The van der Waals surface area contributed by atoms with E-state index in [0.29, 0.717) is 0 Å². The minimum atomic E-state index is -3.84. The fourth-order valence-corrected chi connectivity index (χ4v) is 2.03. The standard InChI is InChI=1S/C10H11NO6S/c1-11-18(15,16)8-4-6(9(12)13)3-7(5-8)10(14)17-2/h3-5,11H,1-2H3,(H,12,13). The highest BCUT2D eigenvalue weighted by molar-refractivity contribution is 7.89. The molecule has 0 saturated carbocycles. The Morgan fingerprint density at radius 2 is 1.78 bits per heavy atom. The third kappa shape index (κ3) is 2.84. The number of carboxylic acids is 1. The first-order chi connectivity index (χ1) is 8.31. The Bertz CT molecular complexity index is 592. The summed E-state index contributed by atoms with van der Waals surface area (Å²) in [5.74, 6) is -2.15. The monoisotopic (exact) mass is 273 g/mol. The van der Waals surface area contributed by atoms with Gasteiger partial charge in [-0.25, -0.2) is 22.7 Å². The molecule has 0 amide bonds. The SMILES string of the molecule is CNS(=O)(=O)c1cc(C(=O)O)cc(C(=O)OC)c1. The molecular formula is C10H11NO6S. The van der Waals surface area contributed by atoms with Gasteiger partial charge in [-0.15, -0.1) is 0 Å². The van der Waals surface area contributed by atoms with Crippen LogP contribution in [0.2, 0.25) is 0 Å². The number of ether oxygens (including phenoxy) is 1. The highest BCUT2D eigenvalue weighted by Crippen LogP contribution is 2.16. The van der Waals surface area contributed by atoms with Crippen LogP contribution in [0, 0.1) is 0 Å². The van der Waals surface area contributed by atoms with Crippen LogP contribution in [-0.2, 0) is 14.8 Å². The van der Waals surface area contributed by atoms with E-state index in [1.165, 1.54) is 7.05 Å². The summed E-state index contributed by atoms with van der Waals surface area (Å²) in [6, 6.07) is 3.05. The second kappa shape index (κ2) is 5.15. The van der Waals surface area contributed by atoms with Crippen molar-refractivity contribution in [3.63, 3.8) is 0 Å². The lowest BCUT2D eigenvalue weighted by molar-refractivity contribution is 0.0600. The van der Waals surface area contributed by atoms with Crippen molar-refractivity contribution in [3.05, 3.63) is 29.3 Å². The average Bonchev–Trinajstić information content (AvgIpc) is 2.37. The summed E-state index contributed by atoms with van der Waals surface area (Å²) in [6.45, 7) is 0. The molecule has 0 radical (unpaired) electrons. The first kappa shape index (κ1) is 14.1. The van der Waals surface area contributed by atoms with Crippen LogP contribution in [0.3, 0.4) is 0 Å². The fourth-order valence-electron chi connectivity index (χ4n) is 1.23. The number of aromatic carboxylic acids is 1. The molecule has 0 spiro atoms. The Kier molecular flexibility index (Phi) is 4.04. The number of carbonyl (C=O) groups is 2. The molecule has 0 saturated heterocycles. The molecule has 0 unspecified atom stereocenters. The van der Waals surface area contributed by atoms with Crippen LogP contribution in [0.5, 0.6) is 0 Å². The minimum Gasteiger partial charge on any atom is -0.478 e. The highest BCUT2D eigenvalue weighted by atomic mass is 32.2. The summed E-state index contributed by atoms with van der Waals surface area (Å²) in [7, 11) is -1.55. The highest BCUT2D eigenvalue weighted by Gasteiger charge is 2.19. The molecule has 98 valence electrons. The van der Waals surface area contributed by atoms with Crippen molar-refractivity contribution in [1.82, 2.24) is 4.72 Å². The van der Waals surface area contributed by atoms with Crippen molar-refractivity contribution >= 4 is 22.0 Å². The van der Waals surface area contributed by atoms with Gasteiger partial charge in [0.05, 0.1) is 23.1 Å². The van der Waals surface area contributed by atoms with Gasteiger partial charge in [0.1, 0.15) is 0 Å². The van der Waals surface area contributed by atoms with E-state index in [4.69, 9.17) is 5.11 Å². The van der Waals surface area contributed by atoms with Gasteiger partial charge in [-0.1, -0.05) is 0 Å². The zero-order chi connectivity index (χ0) is 13.9. The Balaban J connectivity index is 3.50. The summed E-state index contributed by atoms with van der Waals surface area (Å²) in [5.41, 5.74) is -0.460. The normalized spacial score (nSPS) is 11.0. The molecule has 0 bridgehead atoms. The number of hydrogen-bond donors (Lipinski definition) is 2. The molecule has 1 aromatic rings. The van der Waals surface area contributed by atoms with E-state index in [1.54, 1.807) is 0 Å². The molecule has 8 heteroatoms. The van der Waals surface area contributed by atoms with Crippen molar-refractivity contribution in [1.29, 1.82) is 0 Å². The molecule has 7 nitrogen and oxygen atoms in total. The minimum absolute atomic E-state index is 0.147. The lowest BCUT2D eigenvalue weighted by atomic mass is 10.1. The van der Waals surface area contributed by atoms with Crippen LogP contribution in [0.1, 0.15) is 20.7 Å². The number of benzene rings is 1. The maximum absolute atomic E-state index is 11.6. The Morgan fingerprint density at radius 1 is 1.22 bits per heavy atom. The molecule has 0 aromatic heterocycles. The largest absolute Gasteiger partial charge is 0.478 e. The third-order valence-electron chi connectivity index (χ3n) is 2.15. The fraction of sp³-hybridized carbons (Fsp3) is 0.200. The van der Waals surface area contributed by atoms with Crippen LogP contribution in [0.15, 0.2) is 23.1 Å². The zero-order valence-electron chi connectivity index (χ0n) is 9.63. The van der Waals surface area contributed by atoms with Crippen molar-refractivity contribution in [2.24, 2.45) is 0 Å². The number of rotatable bonds is 4. The van der Waals surface area contributed by atoms with E-state index in [0.717, 1.165) is 25.3 Å². The summed E-state index contributed by atoms with van der Waals surface area (Å²) >= 11 is 0. The lowest BCUT2D eigenvalue weighted by Crippen LogP contribution is -2.20. The predicted molar refractivity (Wildman–Crippen MR) is 61.0 cm³/mol. The van der Waals surface area contributed by atoms with E-state index < -0.39 is 22.0 Å². The van der Waals surface area contributed by atoms with Gasteiger partial charge in [0.2, 0.25) is 10.0 Å². The Morgan fingerprint density at radius 3 is 2.22 bits per heavy atom. The Hall–Kier alpha value is -1.93. The number of esters is 1. The van der Waals surface area contributed by atoms with Gasteiger partial charge in [-0.2, -0.15) is 0 Å². The van der Waals surface area contributed by atoms with Crippen molar-refractivity contribution in [2.75, 3.05) is 14.2 Å². The molecule has 0 atom stereocenters. The number of carboxylic acid groups (broad SMARTS) is 1. The number of carbonyl (C=O) groups excluding carboxylic acids is 1. The van der Waals surface area contributed by atoms with Gasteiger partial charge in [0.25, 0.3) is 0 Å². The molecule has 0 fully saturated rings. The van der Waals surface area contributed by atoms with Gasteiger partial charge < -0.3 is 9.84 Å². The third-order valence-corrected chi connectivity index (χ3v) is 3.55. The van der Waals surface area contributed by atoms with Gasteiger partial charge in [-0.3, -0.25) is 0 Å².